The van der Waals surface area contributed by atoms with E-state index in [0.29, 0.717) is 13.2 Å². The van der Waals surface area contributed by atoms with Gasteiger partial charge in [0.1, 0.15) is 0 Å². The van der Waals surface area contributed by atoms with Crippen LogP contribution in [0.2, 0.25) is 0 Å². The molecule has 3 nitrogen and oxygen atoms in total. The van der Waals surface area contributed by atoms with Gasteiger partial charge in [0.15, 0.2) is 5.01 Å². The standard InChI is InChI=1S/C12H14BrNO2S/c1-3-15-12(16-4-2)11-14-9-7-8(13)5-6-10(9)17-11/h5-7,12H,3-4H2,1-2H3. The van der Waals surface area contributed by atoms with E-state index in [1.165, 1.54) is 0 Å². The zero-order valence-corrected chi connectivity index (χ0v) is 12.2. The summed E-state index contributed by atoms with van der Waals surface area (Å²) < 4.78 is 13.3. The summed E-state index contributed by atoms with van der Waals surface area (Å²) in [5, 5.41) is 0.877. The van der Waals surface area contributed by atoms with E-state index >= 15 is 0 Å². The van der Waals surface area contributed by atoms with Crippen LogP contribution in [0.3, 0.4) is 0 Å². The van der Waals surface area contributed by atoms with Crippen molar-refractivity contribution < 1.29 is 9.47 Å². The van der Waals surface area contributed by atoms with E-state index in [2.05, 4.69) is 27.0 Å². The maximum atomic E-state index is 5.54. The maximum absolute atomic E-state index is 5.54. The van der Waals surface area contributed by atoms with Crippen LogP contribution in [0.25, 0.3) is 10.2 Å². The molecule has 0 saturated carbocycles. The largest absolute Gasteiger partial charge is 0.347 e. The van der Waals surface area contributed by atoms with E-state index in [4.69, 9.17) is 9.47 Å². The van der Waals surface area contributed by atoms with E-state index < -0.39 is 0 Å². The van der Waals surface area contributed by atoms with E-state index in [1.54, 1.807) is 11.3 Å². The molecule has 92 valence electrons. The van der Waals surface area contributed by atoms with Crippen molar-refractivity contribution in [3.05, 3.63) is 27.7 Å². The molecular formula is C12H14BrNO2S. The average Bonchev–Trinajstić information content (AvgIpc) is 2.71. The van der Waals surface area contributed by atoms with Gasteiger partial charge in [-0.3, -0.25) is 0 Å². The summed E-state index contributed by atoms with van der Waals surface area (Å²) in [6.07, 6.45) is -0.346. The molecule has 0 atom stereocenters. The Morgan fingerprint density at radius 3 is 2.65 bits per heavy atom. The maximum Gasteiger partial charge on any atom is 0.210 e. The zero-order valence-electron chi connectivity index (χ0n) is 9.77. The van der Waals surface area contributed by atoms with Crippen LogP contribution in [0.4, 0.5) is 0 Å². The molecule has 0 radical (unpaired) electrons. The summed E-state index contributed by atoms with van der Waals surface area (Å²) >= 11 is 5.05. The third-order valence-electron chi connectivity index (χ3n) is 2.20. The Balaban J connectivity index is 2.33. The molecule has 0 aliphatic carbocycles. The molecule has 1 heterocycles. The van der Waals surface area contributed by atoms with Gasteiger partial charge in [-0.2, -0.15) is 0 Å². The first kappa shape index (κ1) is 13.0. The molecule has 2 rings (SSSR count). The summed E-state index contributed by atoms with van der Waals surface area (Å²) in [6.45, 7) is 5.14. The number of thiazole rings is 1. The number of halogens is 1. The van der Waals surface area contributed by atoms with Crippen LogP contribution in [0.5, 0.6) is 0 Å². The van der Waals surface area contributed by atoms with Crippen LogP contribution in [0, 0.1) is 0 Å². The molecular weight excluding hydrogens is 302 g/mol. The van der Waals surface area contributed by atoms with Crippen molar-refractivity contribution in [2.24, 2.45) is 0 Å². The van der Waals surface area contributed by atoms with Gasteiger partial charge in [0, 0.05) is 17.7 Å². The number of rotatable bonds is 5. The lowest BCUT2D eigenvalue weighted by Gasteiger charge is -2.13. The smallest absolute Gasteiger partial charge is 0.210 e. The predicted molar refractivity (Wildman–Crippen MR) is 73.3 cm³/mol. The van der Waals surface area contributed by atoms with Gasteiger partial charge in [-0.1, -0.05) is 15.9 Å². The minimum Gasteiger partial charge on any atom is -0.347 e. The minimum atomic E-state index is -0.346. The minimum absolute atomic E-state index is 0.346. The molecule has 0 N–H and O–H groups in total. The number of benzene rings is 1. The Labute approximate surface area is 113 Å². The third-order valence-corrected chi connectivity index (χ3v) is 3.76. The van der Waals surface area contributed by atoms with Crippen LogP contribution in [-0.2, 0) is 9.47 Å². The highest BCUT2D eigenvalue weighted by Crippen LogP contribution is 2.30. The fourth-order valence-corrected chi connectivity index (χ4v) is 2.81. The lowest BCUT2D eigenvalue weighted by Crippen LogP contribution is -2.08. The van der Waals surface area contributed by atoms with E-state index in [-0.39, 0.29) is 6.29 Å². The highest BCUT2D eigenvalue weighted by atomic mass is 79.9. The molecule has 17 heavy (non-hydrogen) atoms. The van der Waals surface area contributed by atoms with Crippen molar-refractivity contribution in [3.8, 4) is 0 Å². The quantitative estimate of drug-likeness (QED) is 0.777. The normalized spacial score (nSPS) is 11.5. The van der Waals surface area contributed by atoms with Crippen molar-refractivity contribution in [3.63, 3.8) is 0 Å². The summed E-state index contributed by atoms with van der Waals surface area (Å²) in [7, 11) is 0. The van der Waals surface area contributed by atoms with Crippen molar-refractivity contribution in [2.75, 3.05) is 13.2 Å². The molecule has 1 aromatic carbocycles. The van der Waals surface area contributed by atoms with Gasteiger partial charge in [0.05, 0.1) is 10.2 Å². The lowest BCUT2D eigenvalue weighted by molar-refractivity contribution is -0.140. The van der Waals surface area contributed by atoms with Crippen molar-refractivity contribution in [2.45, 2.75) is 20.1 Å². The number of hydrogen-bond acceptors (Lipinski definition) is 4. The summed E-state index contributed by atoms with van der Waals surface area (Å²) in [4.78, 5) is 4.55. The molecule has 0 amide bonds. The number of fused-ring (bicyclic) bond motifs is 1. The van der Waals surface area contributed by atoms with Gasteiger partial charge < -0.3 is 9.47 Å². The highest BCUT2D eigenvalue weighted by molar-refractivity contribution is 9.10. The van der Waals surface area contributed by atoms with Crippen LogP contribution in [0.1, 0.15) is 25.1 Å². The van der Waals surface area contributed by atoms with Crippen LogP contribution < -0.4 is 0 Å². The molecule has 2 aromatic rings. The zero-order chi connectivity index (χ0) is 12.3. The predicted octanol–water partition coefficient (Wildman–Crippen LogP) is 4.13. The first-order valence-corrected chi connectivity index (χ1v) is 7.14. The van der Waals surface area contributed by atoms with Gasteiger partial charge in [-0.05, 0) is 32.0 Å². The molecule has 5 heteroatoms. The fraction of sp³-hybridized carbons (Fsp3) is 0.417. The average molecular weight is 316 g/mol. The van der Waals surface area contributed by atoms with Crippen LogP contribution >= 0.6 is 27.3 Å². The molecule has 1 aromatic heterocycles. The first-order valence-electron chi connectivity index (χ1n) is 5.53. The SMILES string of the molecule is CCOC(OCC)c1nc2cc(Br)ccc2s1. The Bertz CT molecular complexity index is 494. The number of nitrogens with zero attached hydrogens (tertiary/aromatic N) is 1. The Morgan fingerprint density at radius 2 is 2.00 bits per heavy atom. The molecule has 0 saturated heterocycles. The Kier molecular flexibility index (Phi) is 4.50. The summed E-state index contributed by atoms with van der Waals surface area (Å²) in [6, 6.07) is 6.07. The van der Waals surface area contributed by atoms with E-state index in [1.807, 2.05) is 26.0 Å². The number of hydrogen-bond donors (Lipinski definition) is 0. The van der Waals surface area contributed by atoms with Crippen molar-refractivity contribution in [1.29, 1.82) is 0 Å². The van der Waals surface area contributed by atoms with Gasteiger partial charge in [0.2, 0.25) is 6.29 Å². The van der Waals surface area contributed by atoms with E-state index in [9.17, 15) is 0 Å². The number of aromatic nitrogens is 1. The van der Waals surface area contributed by atoms with Gasteiger partial charge in [-0.25, -0.2) is 4.98 Å². The van der Waals surface area contributed by atoms with Crippen LogP contribution in [0.15, 0.2) is 22.7 Å². The summed E-state index contributed by atoms with van der Waals surface area (Å²) in [5.41, 5.74) is 0.976. The molecule has 0 spiro atoms. The molecule has 0 bridgehead atoms. The second-order valence-electron chi connectivity index (χ2n) is 3.41. The van der Waals surface area contributed by atoms with Gasteiger partial charge >= 0.3 is 0 Å². The monoisotopic (exact) mass is 315 g/mol. The third kappa shape index (κ3) is 3.04. The van der Waals surface area contributed by atoms with Crippen molar-refractivity contribution >= 4 is 37.5 Å². The first-order chi connectivity index (χ1) is 8.24. The van der Waals surface area contributed by atoms with Gasteiger partial charge in [0.25, 0.3) is 0 Å². The Morgan fingerprint density at radius 1 is 1.29 bits per heavy atom. The second kappa shape index (κ2) is 5.91. The molecule has 0 aliphatic rings. The van der Waals surface area contributed by atoms with Crippen LogP contribution in [-0.4, -0.2) is 18.2 Å². The molecule has 0 unspecified atom stereocenters. The second-order valence-corrected chi connectivity index (χ2v) is 5.38. The highest BCUT2D eigenvalue weighted by Gasteiger charge is 2.16. The number of ether oxygens (including phenoxy) is 2. The molecule has 0 fully saturated rings. The van der Waals surface area contributed by atoms with Gasteiger partial charge in [-0.15, -0.1) is 11.3 Å². The molecule has 0 aliphatic heterocycles. The lowest BCUT2D eigenvalue weighted by atomic mass is 10.3. The van der Waals surface area contributed by atoms with Crippen molar-refractivity contribution in [1.82, 2.24) is 4.98 Å². The van der Waals surface area contributed by atoms with E-state index in [0.717, 1.165) is 19.7 Å². The topological polar surface area (TPSA) is 31.4 Å². The summed E-state index contributed by atoms with van der Waals surface area (Å²) in [5.74, 6) is 0. The Hall–Kier alpha value is -0.490. The fourth-order valence-electron chi connectivity index (χ4n) is 1.51.